The molecule has 164 valence electrons. The molecule has 2 saturated heterocycles. The second kappa shape index (κ2) is 12.4. The Morgan fingerprint density at radius 1 is 1.31 bits per heavy atom. The van der Waals surface area contributed by atoms with E-state index in [1.165, 1.54) is 0 Å². The van der Waals surface area contributed by atoms with E-state index in [0.29, 0.717) is 18.4 Å². The molecule has 0 amide bonds. The molecule has 2 fully saturated rings. The van der Waals surface area contributed by atoms with Crippen molar-refractivity contribution < 1.29 is 19.3 Å². The van der Waals surface area contributed by atoms with Gasteiger partial charge in [-0.25, -0.2) is 4.99 Å². The number of guanidine groups is 1. The van der Waals surface area contributed by atoms with Crippen molar-refractivity contribution in [2.75, 3.05) is 40.0 Å². The van der Waals surface area contributed by atoms with Crippen LogP contribution in [0.15, 0.2) is 23.2 Å². The number of aromatic hydroxyl groups is 1. The molecule has 2 heterocycles. The maximum atomic E-state index is 9.94. The zero-order chi connectivity index (χ0) is 19.8. The van der Waals surface area contributed by atoms with Crippen LogP contribution in [0.2, 0.25) is 0 Å². The van der Waals surface area contributed by atoms with Crippen LogP contribution in [0.25, 0.3) is 0 Å². The van der Waals surface area contributed by atoms with Crippen LogP contribution in [0, 0.1) is 0 Å². The Labute approximate surface area is 190 Å². The summed E-state index contributed by atoms with van der Waals surface area (Å²) >= 11 is 0. The number of ether oxygens (including phenoxy) is 3. The van der Waals surface area contributed by atoms with Gasteiger partial charge in [0, 0.05) is 26.2 Å². The highest BCUT2D eigenvalue weighted by Crippen LogP contribution is 2.26. The normalized spacial score (nSPS) is 20.4. The van der Waals surface area contributed by atoms with Crippen molar-refractivity contribution >= 4 is 29.9 Å². The number of hydrogen-bond acceptors (Lipinski definition) is 5. The van der Waals surface area contributed by atoms with E-state index in [2.05, 4.69) is 17.1 Å². The van der Waals surface area contributed by atoms with Gasteiger partial charge in [0.15, 0.2) is 17.5 Å². The van der Waals surface area contributed by atoms with Crippen molar-refractivity contribution in [3.63, 3.8) is 0 Å². The Bertz CT molecular complexity index is 645. The van der Waals surface area contributed by atoms with Gasteiger partial charge in [0.2, 0.25) is 0 Å². The number of aliphatic imine (C=N–C) groups is 1. The third-order valence-corrected chi connectivity index (χ3v) is 5.27. The zero-order valence-electron chi connectivity index (χ0n) is 17.4. The summed E-state index contributed by atoms with van der Waals surface area (Å²) in [5.74, 6) is 1.53. The average Bonchev–Trinajstić information content (AvgIpc) is 3.24. The highest BCUT2D eigenvalue weighted by Gasteiger charge is 2.24. The highest BCUT2D eigenvalue weighted by molar-refractivity contribution is 14.0. The molecule has 8 heteroatoms. The van der Waals surface area contributed by atoms with Crippen LogP contribution in [0.5, 0.6) is 11.5 Å². The highest BCUT2D eigenvalue weighted by atomic mass is 127. The number of phenolic OH excluding ortho intramolecular Hbond substituents is 1. The molecule has 1 unspecified atom stereocenters. The minimum atomic E-state index is 0. The molecule has 2 aliphatic rings. The maximum absolute atomic E-state index is 9.94. The molecule has 1 aromatic carbocycles. The molecule has 7 nitrogen and oxygen atoms in total. The lowest BCUT2D eigenvalue weighted by atomic mass is 10.1. The van der Waals surface area contributed by atoms with Gasteiger partial charge in [-0.05, 0) is 50.3 Å². The van der Waals surface area contributed by atoms with Crippen LogP contribution in [0.4, 0.5) is 0 Å². The predicted octanol–water partition coefficient (Wildman–Crippen LogP) is 3.14. The first kappa shape index (κ1) is 24.0. The molecule has 0 spiro atoms. The van der Waals surface area contributed by atoms with Crippen LogP contribution in [-0.2, 0) is 16.0 Å². The maximum Gasteiger partial charge on any atom is 0.194 e. The van der Waals surface area contributed by atoms with Crippen LogP contribution in [0.3, 0.4) is 0 Å². The van der Waals surface area contributed by atoms with Crippen molar-refractivity contribution in [1.82, 2.24) is 10.2 Å². The van der Waals surface area contributed by atoms with Crippen molar-refractivity contribution in [2.24, 2.45) is 4.99 Å². The summed E-state index contributed by atoms with van der Waals surface area (Å²) in [6, 6.07) is 5.40. The lowest BCUT2D eigenvalue weighted by Crippen LogP contribution is -2.47. The molecule has 1 aromatic rings. The van der Waals surface area contributed by atoms with E-state index in [4.69, 9.17) is 19.2 Å². The van der Waals surface area contributed by atoms with E-state index >= 15 is 0 Å². The number of likely N-dealkylation sites (tertiary alicyclic amines) is 1. The summed E-state index contributed by atoms with van der Waals surface area (Å²) in [5.41, 5.74) is 0.948. The third-order valence-electron chi connectivity index (χ3n) is 5.27. The minimum absolute atomic E-state index is 0. The minimum Gasteiger partial charge on any atom is -0.504 e. The smallest absolute Gasteiger partial charge is 0.194 e. The van der Waals surface area contributed by atoms with Crippen LogP contribution in [0.1, 0.15) is 38.2 Å². The monoisotopic (exact) mass is 519 g/mol. The molecule has 3 rings (SSSR count). The van der Waals surface area contributed by atoms with E-state index < -0.39 is 0 Å². The Balaban J connectivity index is 0.00000300. The number of nitrogens with one attached hydrogen (secondary N) is 1. The molecule has 0 saturated carbocycles. The van der Waals surface area contributed by atoms with E-state index in [-0.39, 0.29) is 35.8 Å². The lowest BCUT2D eigenvalue weighted by Gasteiger charge is -2.34. The number of nitrogens with zero attached hydrogens (tertiary/aromatic N) is 2. The number of methoxy groups -OCH3 is 1. The zero-order valence-corrected chi connectivity index (χ0v) is 19.8. The summed E-state index contributed by atoms with van der Waals surface area (Å²) in [6.45, 7) is 6.86. The number of phenols is 1. The van der Waals surface area contributed by atoms with Crippen LogP contribution < -0.4 is 10.1 Å². The fourth-order valence-electron chi connectivity index (χ4n) is 3.68. The number of piperidine rings is 1. The molecule has 2 aliphatic heterocycles. The topological polar surface area (TPSA) is 75.6 Å². The van der Waals surface area contributed by atoms with Crippen LogP contribution >= 0.6 is 24.0 Å². The second-order valence-corrected chi connectivity index (χ2v) is 7.33. The largest absolute Gasteiger partial charge is 0.504 e. The van der Waals surface area contributed by atoms with Gasteiger partial charge in [0.1, 0.15) is 0 Å². The van der Waals surface area contributed by atoms with Crippen molar-refractivity contribution in [1.29, 1.82) is 0 Å². The first-order valence-electron chi connectivity index (χ1n) is 10.3. The van der Waals surface area contributed by atoms with Gasteiger partial charge in [0.05, 0.1) is 32.5 Å². The summed E-state index contributed by atoms with van der Waals surface area (Å²) in [5, 5.41) is 13.3. The van der Waals surface area contributed by atoms with E-state index in [9.17, 15) is 5.11 Å². The summed E-state index contributed by atoms with van der Waals surface area (Å²) < 4.78 is 16.8. The molecule has 0 aromatic heterocycles. The summed E-state index contributed by atoms with van der Waals surface area (Å²) in [6.07, 6.45) is 4.87. The first-order valence-corrected chi connectivity index (χ1v) is 10.3. The average molecular weight is 519 g/mol. The van der Waals surface area contributed by atoms with Crippen LogP contribution in [-0.4, -0.2) is 68.1 Å². The summed E-state index contributed by atoms with van der Waals surface area (Å²) in [7, 11) is 1.55. The molecule has 0 radical (unpaired) electrons. The molecule has 0 aliphatic carbocycles. The Kier molecular flexibility index (Phi) is 10.3. The Hall–Kier alpha value is -1.26. The second-order valence-electron chi connectivity index (χ2n) is 7.33. The number of rotatable bonds is 7. The molecule has 2 N–H and O–H groups in total. The van der Waals surface area contributed by atoms with Crippen molar-refractivity contribution in [3.8, 4) is 11.5 Å². The van der Waals surface area contributed by atoms with Crippen molar-refractivity contribution in [3.05, 3.63) is 23.8 Å². The van der Waals surface area contributed by atoms with E-state index in [1.54, 1.807) is 19.2 Å². The van der Waals surface area contributed by atoms with Gasteiger partial charge < -0.3 is 29.5 Å². The quantitative estimate of drug-likeness (QED) is 0.328. The Morgan fingerprint density at radius 3 is 2.72 bits per heavy atom. The summed E-state index contributed by atoms with van der Waals surface area (Å²) in [4.78, 5) is 7.05. The number of hydrogen-bond donors (Lipinski definition) is 2. The van der Waals surface area contributed by atoms with Crippen molar-refractivity contribution in [2.45, 2.75) is 51.4 Å². The standard InChI is InChI=1S/C21H33N3O4.HI/c1-3-22-21(23-14-16-6-7-20(26-2)19(25)13-16)24-10-8-17(9-11-24)28-15-18-5-4-12-27-18;/h6-7,13,17-18,25H,3-5,8-12,14-15H2,1-2H3,(H,22,23);1H. The van der Waals surface area contributed by atoms with Gasteiger partial charge in [-0.1, -0.05) is 6.07 Å². The fraction of sp³-hybridized carbons (Fsp3) is 0.667. The number of halogens is 1. The van der Waals surface area contributed by atoms with Gasteiger partial charge >= 0.3 is 0 Å². The SMILES string of the molecule is CCNC(=NCc1ccc(OC)c(O)c1)N1CCC(OCC2CCCO2)CC1.I. The third kappa shape index (κ3) is 7.18. The molecular formula is C21H34IN3O4. The molecule has 29 heavy (non-hydrogen) atoms. The lowest BCUT2D eigenvalue weighted by molar-refractivity contribution is -0.0367. The molecular weight excluding hydrogens is 485 g/mol. The Morgan fingerprint density at radius 2 is 2.10 bits per heavy atom. The van der Waals surface area contributed by atoms with Gasteiger partial charge in [0.25, 0.3) is 0 Å². The predicted molar refractivity (Wildman–Crippen MR) is 124 cm³/mol. The van der Waals surface area contributed by atoms with Gasteiger partial charge in [-0.15, -0.1) is 24.0 Å². The fourth-order valence-corrected chi connectivity index (χ4v) is 3.68. The van der Waals surface area contributed by atoms with Gasteiger partial charge in [-0.2, -0.15) is 0 Å². The molecule has 0 bridgehead atoms. The number of benzene rings is 1. The van der Waals surface area contributed by atoms with E-state index in [1.807, 2.05) is 6.07 Å². The first-order chi connectivity index (χ1) is 13.7. The molecule has 1 atom stereocenters. The van der Waals surface area contributed by atoms with Gasteiger partial charge in [-0.3, -0.25) is 0 Å². The van der Waals surface area contributed by atoms with E-state index in [0.717, 1.165) is 70.1 Å².